The number of halogens is 1. The highest BCUT2D eigenvalue weighted by Crippen LogP contribution is 2.20. The summed E-state index contributed by atoms with van der Waals surface area (Å²) in [4.78, 5) is 23.3. The Labute approximate surface area is 158 Å². The summed E-state index contributed by atoms with van der Waals surface area (Å²) < 4.78 is 15.0. The fourth-order valence-corrected chi connectivity index (χ4v) is 2.83. The Morgan fingerprint density at radius 1 is 1.19 bits per heavy atom. The lowest BCUT2D eigenvalue weighted by molar-refractivity contribution is 0.0684. The van der Waals surface area contributed by atoms with E-state index in [2.05, 4.69) is 9.97 Å². The molecule has 3 aromatic rings. The van der Waals surface area contributed by atoms with Crippen LogP contribution in [0.25, 0.3) is 11.3 Å². The number of nitrogens with zero attached hydrogens (tertiary/aromatic N) is 4. The van der Waals surface area contributed by atoms with Crippen LogP contribution in [0.15, 0.2) is 55.1 Å². The Balaban J connectivity index is 1.83. The number of carbonyl (C=O) groups excluding carboxylic acids is 1. The monoisotopic (exact) mass is 366 g/mol. The largest absolute Gasteiger partial charge is 0.337 e. The molecule has 0 unspecified atom stereocenters. The van der Waals surface area contributed by atoms with Gasteiger partial charge in [-0.25, -0.2) is 9.37 Å². The molecule has 1 aromatic carbocycles. The van der Waals surface area contributed by atoms with Crippen molar-refractivity contribution in [2.75, 3.05) is 0 Å². The van der Waals surface area contributed by atoms with E-state index in [4.69, 9.17) is 0 Å². The number of hydrogen-bond donors (Lipinski definition) is 0. The van der Waals surface area contributed by atoms with Gasteiger partial charge in [-0.3, -0.25) is 9.78 Å². The van der Waals surface area contributed by atoms with Crippen LogP contribution in [0.3, 0.4) is 0 Å². The van der Waals surface area contributed by atoms with Crippen molar-refractivity contribution in [2.45, 2.75) is 39.9 Å². The molecule has 0 N–H and O–H groups in total. The van der Waals surface area contributed by atoms with Crippen molar-refractivity contribution < 1.29 is 9.18 Å². The Hall–Kier alpha value is -3.02. The zero-order valence-electron chi connectivity index (χ0n) is 15.8. The Kier molecular flexibility index (Phi) is 5.64. The number of benzene rings is 1. The van der Waals surface area contributed by atoms with Crippen molar-refractivity contribution in [1.82, 2.24) is 19.4 Å². The molecule has 0 atom stereocenters. The van der Waals surface area contributed by atoms with E-state index in [-0.39, 0.29) is 17.8 Å². The van der Waals surface area contributed by atoms with E-state index >= 15 is 0 Å². The predicted molar refractivity (Wildman–Crippen MR) is 103 cm³/mol. The summed E-state index contributed by atoms with van der Waals surface area (Å²) in [6.45, 7) is 7.19. The van der Waals surface area contributed by atoms with Crippen molar-refractivity contribution in [2.24, 2.45) is 0 Å². The maximum absolute atomic E-state index is 13.1. The lowest BCUT2D eigenvalue weighted by atomic mass is 10.1. The molecule has 0 bridgehead atoms. The van der Waals surface area contributed by atoms with Crippen LogP contribution >= 0.6 is 0 Å². The minimum Gasteiger partial charge on any atom is -0.337 e. The maximum atomic E-state index is 13.1. The zero-order chi connectivity index (χ0) is 19.4. The second-order valence-electron chi connectivity index (χ2n) is 6.67. The average Bonchev–Trinajstić information content (AvgIpc) is 3.15. The Bertz CT molecular complexity index is 918. The van der Waals surface area contributed by atoms with E-state index in [0.29, 0.717) is 12.2 Å². The molecule has 140 valence electrons. The minimum absolute atomic E-state index is 0.0201. The molecule has 0 saturated heterocycles. The van der Waals surface area contributed by atoms with E-state index in [0.717, 1.165) is 23.4 Å². The lowest BCUT2D eigenvalue weighted by Gasteiger charge is -2.26. The molecule has 0 aliphatic rings. The molecule has 0 radical (unpaired) electrons. The van der Waals surface area contributed by atoms with Crippen molar-refractivity contribution in [1.29, 1.82) is 0 Å². The number of imidazole rings is 1. The third-order valence-corrected chi connectivity index (χ3v) is 4.42. The van der Waals surface area contributed by atoms with Crippen LogP contribution in [0, 0.1) is 5.82 Å². The first kappa shape index (κ1) is 18.8. The molecular weight excluding hydrogens is 343 g/mol. The standard InChI is InChI=1S/C21H23FN4O/c1-4-25-13-20(24-14-25)21(27)26(15(2)3)12-16-9-10-23-19(11-16)17-5-7-18(22)8-6-17/h5-11,13-15H,4,12H2,1-3H3. The van der Waals surface area contributed by atoms with Gasteiger partial charge in [-0.05, 0) is 62.7 Å². The fraction of sp³-hybridized carbons (Fsp3) is 0.286. The SMILES string of the molecule is CCn1cnc(C(=O)N(Cc2ccnc(-c3ccc(F)cc3)c2)C(C)C)c1. The van der Waals surface area contributed by atoms with E-state index in [1.165, 1.54) is 12.1 Å². The van der Waals surface area contributed by atoms with Gasteiger partial charge in [0.25, 0.3) is 5.91 Å². The topological polar surface area (TPSA) is 51.0 Å². The molecule has 27 heavy (non-hydrogen) atoms. The summed E-state index contributed by atoms with van der Waals surface area (Å²) in [7, 11) is 0. The highest BCUT2D eigenvalue weighted by Gasteiger charge is 2.21. The summed E-state index contributed by atoms with van der Waals surface area (Å²) in [5.74, 6) is -0.379. The first-order chi connectivity index (χ1) is 13.0. The van der Waals surface area contributed by atoms with Gasteiger partial charge < -0.3 is 9.47 Å². The molecule has 0 aliphatic heterocycles. The maximum Gasteiger partial charge on any atom is 0.274 e. The highest BCUT2D eigenvalue weighted by atomic mass is 19.1. The molecule has 6 heteroatoms. The van der Waals surface area contributed by atoms with Gasteiger partial charge >= 0.3 is 0 Å². The lowest BCUT2D eigenvalue weighted by Crippen LogP contribution is -2.36. The number of carbonyl (C=O) groups is 1. The molecule has 2 aromatic heterocycles. The van der Waals surface area contributed by atoms with Crippen molar-refractivity contribution >= 4 is 5.91 Å². The summed E-state index contributed by atoms with van der Waals surface area (Å²) in [5.41, 5.74) is 2.99. The van der Waals surface area contributed by atoms with Gasteiger partial charge in [0.05, 0.1) is 12.0 Å². The quantitative estimate of drug-likeness (QED) is 0.658. The third-order valence-electron chi connectivity index (χ3n) is 4.42. The fourth-order valence-electron chi connectivity index (χ4n) is 2.83. The van der Waals surface area contributed by atoms with Crippen LogP contribution in [0.5, 0.6) is 0 Å². The molecule has 0 fully saturated rings. The first-order valence-electron chi connectivity index (χ1n) is 9.01. The second kappa shape index (κ2) is 8.12. The number of pyridine rings is 1. The minimum atomic E-state index is -0.280. The Morgan fingerprint density at radius 2 is 1.93 bits per heavy atom. The number of hydrogen-bond acceptors (Lipinski definition) is 3. The number of amides is 1. The summed E-state index contributed by atoms with van der Waals surface area (Å²) >= 11 is 0. The van der Waals surface area contributed by atoms with E-state index < -0.39 is 0 Å². The highest BCUT2D eigenvalue weighted by molar-refractivity contribution is 5.92. The smallest absolute Gasteiger partial charge is 0.274 e. The van der Waals surface area contributed by atoms with Gasteiger partial charge in [0.2, 0.25) is 0 Å². The molecular formula is C21H23FN4O. The van der Waals surface area contributed by atoms with Crippen molar-refractivity contribution in [3.63, 3.8) is 0 Å². The number of aryl methyl sites for hydroxylation is 1. The van der Waals surface area contributed by atoms with Crippen LogP contribution in [-0.2, 0) is 13.1 Å². The molecule has 5 nitrogen and oxygen atoms in total. The zero-order valence-corrected chi connectivity index (χ0v) is 15.8. The normalized spacial score (nSPS) is 11.0. The van der Waals surface area contributed by atoms with E-state index in [1.54, 1.807) is 35.8 Å². The van der Waals surface area contributed by atoms with Crippen LogP contribution in [-0.4, -0.2) is 31.4 Å². The predicted octanol–water partition coefficient (Wildman–Crippen LogP) is 4.15. The van der Waals surface area contributed by atoms with Gasteiger partial charge in [0.15, 0.2) is 0 Å². The van der Waals surface area contributed by atoms with Gasteiger partial charge in [-0.1, -0.05) is 0 Å². The third kappa shape index (κ3) is 4.39. The molecule has 1 amide bonds. The van der Waals surface area contributed by atoms with Gasteiger partial charge in [-0.2, -0.15) is 0 Å². The van der Waals surface area contributed by atoms with Gasteiger partial charge in [0.1, 0.15) is 11.5 Å². The average molecular weight is 366 g/mol. The van der Waals surface area contributed by atoms with Gasteiger partial charge in [-0.15, -0.1) is 0 Å². The molecule has 2 heterocycles. The molecule has 0 spiro atoms. The summed E-state index contributed by atoms with van der Waals surface area (Å²) in [6, 6.07) is 10.1. The van der Waals surface area contributed by atoms with Crippen LogP contribution in [0.1, 0.15) is 36.8 Å². The van der Waals surface area contributed by atoms with Crippen LogP contribution in [0.2, 0.25) is 0 Å². The molecule has 0 aliphatic carbocycles. The summed E-state index contributed by atoms with van der Waals surface area (Å²) in [6.07, 6.45) is 5.15. The second-order valence-corrected chi connectivity index (χ2v) is 6.67. The summed E-state index contributed by atoms with van der Waals surface area (Å²) in [5, 5.41) is 0. The number of aromatic nitrogens is 3. The van der Waals surface area contributed by atoms with Crippen LogP contribution < -0.4 is 0 Å². The molecule has 3 rings (SSSR count). The Morgan fingerprint density at radius 3 is 2.56 bits per heavy atom. The first-order valence-corrected chi connectivity index (χ1v) is 9.01. The van der Waals surface area contributed by atoms with E-state index in [9.17, 15) is 9.18 Å². The number of rotatable bonds is 6. The molecule has 0 saturated carbocycles. The van der Waals surface area contributed by atoms with Crippen molar-refractivity contribution in [3.05, 3.63) is 72.2 Å². The van der Waals surface area contributed by atoms with Crippen LogP contribution in [0.4, 0.5) is 4.39 Å². The van der Waals surface area contributed by atoms with E-state index in [1.807, 2.05) is 37.5 Å². The van der Waals surface area contributed by atoms with Crippen molar-refractivity contribution in [3.8, 4) is 11.3 Å². The van der Waals surface area contributed by atoms with Gasteiger partial charge in [0, 0.05) is 37.1 Å².